The second kappa shape index (κ2) is 13.9. The Kier molecular flexibility index (Phi) is 8.14. The maximum atomic E-state index is 6.51. The van der Waals surface area contributed by atoms with Crippen LogP contribution in [0, 0.1) is 5.92 Å². The van der Waals surface area contributed by atoms with Crippen molar-refractivity contribution in [1.82, 2.24) is 9.55 Å². The Hall–Kier alpha value is -7.43. The van der Waals surface area contributed by atoms with Crippen molar-refractivity contribution in [2.24, 2.45) is 5.92 Å². The average Bonchev–Trinajstić information content (AvgIpc) is 3.87. The van der Waals surface area contributed by atoms with Gasteiger partial charge < -0.3 is 13.9 Å². The monoisotopic (exact) mass is 745 g/mol. The standard InChI is InChI=1S/C54H39N3O/c1-36-21-31-45-47(35-50-53(49(45)33-36)58-54(55-50)40-15-7-3-8-16-40)39-24-28-43(29-25-39)56(42-26-22-38(23-27-42)37-13-5-2-6-14-37)44-30-32-52-48(34-44)46-19-11-12-20-51(46)57(52)41-17-9-4-10-18-41/h2-32,34-36H,33H2,1H3. The lowest BCUT2D eigenvalue weighted by atomic mass is 9.85. The first-order chi connectivity index (χ1) is 28.7. The van der Waals surface area contributed by atoms with Gasteiger partial charge in [-0.1, -0.05) is 128 Å². The van der Waals surface area contributed by atoms with Gasteiger partial charge in [0, 0.05) is 44.6 Å². The summed E-state index contributed by atoms with van der Waals surface area (Å²) in [5.41, 5.74) is 16.7. The third-order valence-corrected chi connectivity index (χ3v) is 11.6. The fraction of sp³-hybridized carbons (Fsp3) is 0.0556. The van der Waals surface area contributed by atoms with Crippen LogP contribution in [0.2, 0.25) is 0 Å². The molecule has 4 heteroatoms. The lowest BCUT2D eigenvalue weighted by Gasteiger charge is -2.26. The van der Waals surface area contributed by atoms with Crippen LogP contribution >= 0.6 is 0 Å². The van der Waals surface area contributed by atoms with E-state index in [1.54, 1.807) is 0 Å². The van der Waals surface area contributed by atoms with Crippen LogP contribution in [-0.4, -0.2) is 9.55 Å². The fourth-order valence-electron chi connectivity index (χ4n) is 8.76. The van der Waals surface area contributed by atoms with E-state index in [0.29, 0.717) is 11.8 Å². The molecular weight excluding hydrogens is 707 g/mol. The van der Waals surface area contributed by atoms with E-state index in [1.165, 1.54) is 49.6 Å². The molecule has 0 N–H and O–H groups in total. The van der Waals surface area contributed by atoms with E-state index in [1.807, 2.05) is 18.2 Å². The third kappa shape index (κ3) is 5.81. The number of hydrogen-bond donors (Lipinski definition) is 0. The summed E-state index contributed by atoms with van der Waals surface area (Å²) < 4.78 is 8.88. The zero-order valence-electron chi connectivity index (χ0n) is 32.1. The molecule has 8 aromatic carbocycles. The second-order valence-corrected chi connectivity index (χ2v) is 15.3. The van der Waals surface area contributed by atoms with Gasteiger partial charge in [0.2, 0.25) is 5.89 Å². The predicted octanol–water partition coefficient (Wildman–Crippen LogP) is 14.6. The Morgan fingerprint density at radius 3 is 1.86 bits per heavy atom. The van der Waals surface area contributed by atoms with Crippen molar-refractivity contribution in [2.75, 3.05) is 4.90 Å². The van der Waals surface area contributed by atoms with Crippen LogP contribution in [0.1, 0.15) is 18.1 Å². The molecule has 0 fully saturated rings. The molecule has 10 aromatic rings. The smallest absolute Gasteiger partial charge is 0.227 e. The van der Waals surface area contributed by atoms with Crippen LogP contribution in [0.25, 0.3) is 78.4 Å². The minimum atomic E-state index is 0.416. The predicted molar refractivity (Wildman–Crippen MR) is 241 cm³/mol. The largest absolute Gasteiger partial charge is 0.436 e. The first-order valence-corrected chi connectivity index (χ1v) is 20.0. The molecule has 0 aliphatic heterocycles. The van der Waals surface area contributed by atoms with Gasteiger partial charge in [0.1, 0.15) is 5.52 Å². The van der Waals surface area contributed by atoms with Crippen LogP contribution < -0.4 is 4.90 Å². The van der Waals surface area contributed by atoms with Crippen molar-refractivity contribution in [3.8, 4) is 39.4 Å². The third-order valence-electron chi connectivity index (χ3n) is 11.6. The van der Waals surface area contributed by atoms with Gasteiger partial charge in [-0.05, 0) is 119 Å². The molecule has 0 bridgehead atoms. The van der Waals surface area contributed by atoms with Crippen LogP contribution in [0.15, 0.2) is 199 Å². The van der Waals surface area contributed by atoms with Gasteiger partial charge in [0.15, 0.2) is 5.58 Å². The van der Waals surface area contributed by atoms with Gasteiger partial charge in [0.25, 0.3) is 0 Å². The van der Waals surface area contributed by atoms with Crippen molar-refractivity contribution in [1.29, 1.82) is 0 Å². The quantitative estimate of drug-likeness (QED) is 0.163. The first kappa shape index (κ1) is 33.9. The van der Waals surface area contributed by atoms with Crippen molar-refractivity contribution >= 4 is 56.0 Å². The Bertz CT molecular complexity index is 3120. The number of rotatable bonds is 7. The number of allylic oxidation sites excluding steroid dienone is 1. The summed E-state index contributed by atoms with van der Waals surface area (Å²) in [6.45, 7) is 2.26. The molecule has 0 saturated heterocycles. The number of nitrogens with zero attached hydrogens (tertiary/aromatic N) is 3. The molecule has 1 unspecified atom stereocenters. The molecule has 4 nitrogen and oxygen atoms in total. The van der Waals surface area contributed by atoms with E-state index < -0.39 is 0 Å². The minimum absolute atomic E-state index is 0.416. The molecule has 2 aromatic heterocycles. The lowest BCUT2D eigenvalue weighted by Crippen LogP contribution is -2.10. The van der Waals surface area contributed by atoms with E-state index in [4.69, 9.17) is 9.40 Å². The summed E-state index contributed by atoms with van der Waals surface area (Å²) in [6, 6.07) is 67.1. The molecule has 0 radical (unpaired) electrons. The first-order valence-electron chi connectivity index (χ1n) is 20.0. The lowest BCUT2D eigenvalue weighted by molar-refractivity contribution is 0.608. The number of aromatic nitrogens is 2. The van der Waals surface area contributed by atoms with Crippen molar-refractivity contribution in [3.05, 3.63) is 205 Å². The Morgan fingerprint density at radius 1 is 0.552 bits per heavy atom. The van der Waals surface area contributed by atoms with Crippen LogP contribution in [0.5, 0.6) is 0 Å². The molecule has 2 heterocycles. The normalized spacial score (nSPS) is 13.6. The number of anilines is 3. The molecule has 0 saturated carbocycles. The average molecular weight is 746 g/mol. The molecular formula is C54H39N3O. The SMILES string of the molecule is CC1C=Cc2c(-c3ccc(N(c4ccc(-c5ccccc5)cc4)c4ccc5c(c4)c4ccccc4n5-c4ccccc4)cc3)cc3nc(-c4ccccc4)oc3c2C1. The van der Waals surface area contributed by atoms with Gasteiger partial charge in [-0.3, -0.25) is 0 Å². The van der Waals surface area contributed by atoms with E-state index in [-0.39, 0.29) is 0 Å². The van der Waals surface area contributed by atoms with Crippen LogP contribution in [0.3, 0.4) is 0 Å². The van der Waals surface area contributed by atoms with Gasteiger partial charge in [0.05, 0.1) is 11.0 Å². The van der Waals surface area contributed by atoms with Crippen molar-refractivity contribution < 1.29 is 4.42 Å². The summed E-state index contributed by atoms with van der Waals surface area (Å²) in [5, 5.41) is 2.44. The highest BCUT2D eigenvalue weighted by molar-refractivity contribution is 6.10. The topological polar surface area (TPSA) is 34.2 Å². The summed E-state index contributed by atoms with van der Waals surface area (Å²) in [4.78, 5) is 7.39. The van der Waals surface area contributed by atoms with E-state index in [2.05, 4.69) is 198 Å². The van der Waals surface area contributed by atoms with E-state index in [9.17, 15) is 0 Å². The molecule has 1 aliphatic carbocycles. The summed E-state index contributed by atoms with van der Waals surface area (Å²) in [6.07, 6.45) is 5.50. The van der Waals surface area contributed by atoms with Crippen molar-refractivity contribution in [3.63, 3.8) is 0 Å². The molecule has 1 aliphatic rings. The number of hydrogen-bond acceptors (Lipinski definition) is 3. The highest BCUT2D eigenvalue weighted by Crippen LogP contribution is 2.43. The van der Waals surface area contributed by atoms with Gasteiger partial charge >= 0.3 is 0 Å². The zero-order chi connectivity index (χ0) is 38.6. The Balaban J connectivity index is 1.05. The number of para-hydroxylation sites is 2. The summed E-state index contributed by atoms with van der Waals surface area (Å²) >= 11 is 0. The Labute approximate surface area is 337 Å². The molecule has 1 atom stereocenters. The van der Waals surface area contributed by atoms with E-state index >= 15 is 0 Å². The van der Waals surface area contributed by atoms with Crippen LogP contribution in [-0.2, 0) is 6.42 Å². The number of fused-ring (bicyclic) bond motifs is 6. The number of oxazole rings is 1. The van der Waals surface area contributed by atoms with Crippen LogP contribution in [0.4, 0.5) is 17.1 Å². The van der Waals surface area contributed by atoms with Gasteiger partial charge in [-0.15, -0.1) is 0 Å². The summed E-state index contributed by atoms with van der Waals surface area (Å²) in [5.74, 6) is 1.07. The van der Waals surface area contributed by atoms with Gasteiger partial charge in [-0.25, -0.2) is 4.98 Å². The fourth-order valence-corrected chi connectivity index (χ4v) is 8.76. The molecule has 58 heavy (non-hydrogen) atoms. The van der Waals surface area contributed by atoms with Crippen molar-refractivity contribution in [2.45, 2.75) is 13.3 Å². The second-order valence-electron chi connectivity index (χ2n) is 15.3. The van der Waals surface area contributed by atoms with Gasteiger partial charge in [-0.2, -0.15) is 0 Å². The number of benzene rings is 8. The molecule has 11 rings (SSSR count). The zero-order valence-corrected chi connectivity index (χ0v) is 32.1. The highest BCUT2D eigenvalue weighted by Gasteiger charge is 2.23. The molecule has 0 amide bonds. The summed E-state index contributed by atoms with van der Waals surface area (Å²) in [7, 11) is 0. The molecule has 276 valence electrons. The highest BCUT2D eigenvalue weighted by atomic mass is 16.3. The van der Waals surface area contributed by atoms with E-state index in [0.717, 1.165) is 51.4 Å². The maximum absolute atomic E-state index is 6.51. The minimum Gasteiger partial charge on any atom is -0.436 e. The molecule has 0 spiro atoms. The Morgan fingerprint density at radius 2 is 1.14 bits per heavy atom. The maximum Gasteiger partial charge on any atom is 0.227 e.